The first-order valence-electron chi connectivity index (χ1n) is 8.12. The lowest BCUT2D eigenvalue weighted by Crippen LogP contribution is -2.34. The lowest BCUT2D eigenvalue weighted by Gasteiger charge is -2.33. The van der Waals surface area contributed by atoms with Crippen LogP contribution in [-0.2, 0) is 6.18 Å². The van der Waals surface area contributed by atoms with Gasteiger partial charge in [0.15, 0.2) is 0 Å². The van der Waals surface area contributed by atoms with Crippen LogP contribution >= 0.6 is 0 Å². The van der Waals surface area contributed by atoms with Gasteiger partial charge in [0, 0.05) is 37.3 Å². The number of benzene rings is 2. The SMILES string of the molecule is CN1CC[C@H](CNC(=O)c2cccc(C(F)(F)F)c2)c2ccccc21. The predicted molar refractivity (Wildman–Crippen MR) is 90.8 cm³/mol. The van der Waals surface area contributed by atoms with Crippen LogP contribution < -0.4 is 10.2 Å². The van der Waals surface area contributed by atoms with Crippen LogP contribution in [0, 0.1) is 0 Å². The number of alkyl halides is 3. The molecule has 0 aliphatic carbocycles. The zero-order valence-electron chi connectivity index (χ0n) is 13.8. The largest absolute Gasteiger partial charge is 0.416 e. The number of rotatable bonds is 3. The zero-order chi connectivity index (χ0) is 18.0. The van der Waals surface area contributed by atoms with Crippen molar-refractivity contribution in [2.45, 2.75) is 18.5 Å². The number of nitrogens with one attached hydrogen (secondary N) is 1. The van der Waals surface area contributed by atoms with E-state index in [9.17, 15) is 18.0 Å². The summed E-state index contributed by atoms with van der Waals surface area (Å²) in [5, 5.41) is 2.78. The predicted octanol–water partition coefficient (Wildman–Crippen LogP) is 4.06. The Labute approximate surface area is 144 Å². The van der Waals surface area contributed by atoms with Crippen molar-refractivity contribution in [1.82, 2.24) is 5.32 Å². The van der Waals surface area contributed by atoms with Crippen LogP contribution in [0.3, 0.4) is 0 Å². The summed E-state index contributed by atoms with van der Waals surface area (Å²) in [6.45, 7) is 1.28. The average molecular weight is 348 g/mol. The second kappa shape index (κ2) is 6.78. The average Bonchev–Trinajstić information content (AvgIpc) is 2.60. The maximum atomic E-state index is 12.8. The molecule has 6 heteroatoms. The van der Waals surface area contributed by atoms with Crippen molar-refractivity contribution < 1.29 is 18.0 Å². The normalized spacial score (nSPS) is 17.1. The minimum atomic E-state index is -4.46. The fourth-order valence-corrected chi connectivity index (χ4v) is 3.17. The van der Waals surface area contributed by atoms with Gasteiger partial charge in [-0.2, -0.15) is 13.2 Å². The third-order valence-electron chi connectivity index (χ3n) is 4.56. The van der Waals surface area contributed by atoms with E-state index in [0.29, 0.717) is 6.54 Å². The molecule has 25 heavy (non-hydrogen) atoms. The molecule has 0 bridgehead atoms. The van der Waals surface area contributed by atoms with Crippen molar-refractivity contribution in [3.05, 3.63) is 65.2 Å². The third kappa shape index (κ3) is 3.78. The monoisotopic (exact) mass is 348 g/mol. The summed E-state index contributed by atoms with van der Waals surface area (Å²) in [5.41, 5.74) is 1.49. The molecule has 0 fully saturated rings. The van der Waals surface area contributed by atoms with E-state index in [2.05, 4.69) is 10.2 Å². The molecule has 2 aromatic carbocycles. The van der Waals surface area contributed by atoms with E-state index in [-0.39, 0.29) is 11.5 Å². The maximum absolute atomic E-state index is 12.8. The first-order valence-corrected chi connectivity index (χ1v) is 8.12. The Balaban J connectivity index is 1.70. The Morgan fingerprint density at radius 2 is 1.96 bits per heavy atom. The van der Waals surface area contributed by atoms with Crippen molar-refractivity contribution >= 4 is 11.6 Å². The Morgan fingerprint density at radius 1 is 1.20 bits per heavy atom. The lowest BCUT2D eigenvalue weighted by atomic mass is 9.90. The molecule has 3 nitrogen and oxygen atoms in total. The molecule has 3 rings (SSSR count). The smallest absolute Gasteiger partial charge is 0.374 e. The van der Waals surface area contributed by atoms with Crippen molar-refractivity contribution in [2.24, 2.45) is 0 Å². The summed E-state index contributed by atoms with van der Waals surface area (Å²) in [5.74, 6) is -0.329. The summed E-state index contributed by atoms with van der Waals surface area (Å²) in [6, 6.07) is 12.5. The number of para-hydroxylation sites is 1. The highest BCUT2D eigenvalue weighted by atomic mass is 19.4. The van der Waals surface area contributed by atoms with Crippen molar-refractivity contribution in [3.8, 4) is 0 Å². The molecule has 0 aromatic heterocycles. The van der Waals surface area contributed by atoms with Gasteiger partial charge in [-0.15, -0.1) is 0 Å². The molecule has 0 saturated heterocycles. The molecule has 0 spiro atoms. The van der Waals surface area contributed by atoms with Crippen LogP contribution in [0.25, 0.3) is 0 Å². The fourth-order valence-electron chi connectivity index (χ4n) is 3.17. The Kier molecular flexibility index (Phi) is 4.70. The number of carbonyl (C=O) groups excluding carboxylic acids is 1. The van der Waals surface area contributed by atoms with Crippen LogP contribution in [0.1, 0.15) is 33.8 Å². The van der Waals surface area contributed by atoms with Gasteiger partial charge < -0.3 is 10.2 Å². The third-order valence-corrected chi connectivity index (χ3v) is 4.56. The number of fused-ring (bicyclic) bond motifs is 1. The molecule has 0 unspecified atom stereocenters. The van der Waals surface area contributed by atoms with Crippen molar-refractivity contribution in [1.29, 1.82) is 0 Å². The van der Waals surface area contributed by atoms with E-state index >= 15 is 0 Å². The Bertz CT molecular complexity index is 773. The highest BCUT2D eigenvalue weighted by Gasteiger charge is 2.31. The molecule has 1 N–H and O–H groups in total. The van der Waals surface area contributed by atoms with E-state index in [1.807, 2.05) is 31.3 Å². The molecule has 132 valence electrons. The minimum absolute atomic E-state index is 0.0241. The molecule has 2 aromatic rings. The van der Waals surface area contributed by atoms with Gasteiger partial charge in [0.25, 0.3) is 5.91 Å². The zero-order valence-corrected chi connectivity index (χ0v) is 13.8. The van der Waals surface area contributed by atoms with Gasteiger partial charge in [0.1, 0.15) is 0 Å². The van der Waals surface area contributed by atoms with Crippen molar-refractivity contribution in [2.75, 3.05) is 25.0 Å². The lowest BCUT2D eigenvalue weighted by molar-refractivity contribution is -0.137. The van der Waals surface area contributed by atoms with Gasteiger partial charge in [-0.3, -0.25) is 4.79 Å². The van der Waals surface area contributed by atoms with Gasteiger partial charge in [0.05, 0.1) is 5.56 Å². The van der Waals surface area contributed by atoms with Gasteiger partial charge in [-0.25, -0.2) is 0 Å². The van der Waals surface area contributed by atoms with Crippen LogP contribution in [0.2, 0.25) is 0 Å². The highest BCUT2D eigenvalue weighted by Crippen LogP contribution is 2.34. The van der Waals surface area contributed by atoms with Crippen LogP contribution in [0.4, 0.5) is 18.9 Å². The molecule has 1 heterocycles. The number of amides is 1. The molecule has 1 aliphatic rings. The topological polar surface area (TPSA) is 32.3 Å². The number of hydrogen-bond donors (Lipinski definition) is 1. The second-order valence-electron chi connectivity index (χ2n) is 6.25. The quantitative estimate of drug-likeness (QED) is 0.907. The molecular weight excluding hydrogens is 329 g/mol. The first kappa shape index (κ1) is 17.3. The van der Waals surface area contributed by atoms with Gasteiger partial charge in [-0.05, 0) is 36.2 Å². The highest BCUT2D eigenvalue weighted by molar-refractivity contribution is 5.94. The molecule has 0 saturated carbocycles. The van der Waals surface area contributed by atoms with Gasteiger partial charge >= 0.3 is 6.18 Å². The van der Waals surface area contributed by atoms with Crippen LogP contribution in [-0.4, -0.2) is 26.0 Å². The standard InChI is InChI=1S/C19H19F3N2O/c1-24-10-9-14(16-7-2-3-8-17(16)24)12-23-18(25)13-5-4-6-15(11-13)19(20,21)22/h2-8,11,14H,9-10,12H2,1H3,(H,23,25)/t14-/m1/s1. The molecule has 0 radical (unpaired) electrons. The van der Waals surface area contributed by atoms with E-state index in [1.165, 1.54) is 12.1 Å². The first-order chi connectivity index (χ1) is 11.9. The summed E-state index contributed by atoms with van der Waals surface area (Å²) in [7, 11) is 2.02. The minimum Gasteiger partial charge on any atom is -0.374 e. The summed E-state index contributed by atoms with van der Waals surface area (Å²) in [4.78, 5) is 14.4. The summed E-state index contributed by atoms with van der Waals surface area (Å²) < 4.78 is 38.3. The van der Waals surface area contributed by atoms with Gasteiger partial charge in [0.2, 0.25) is 0 Å². The Morgan fingerprint density at radius 3 is 2.72 bits per heavy atom. The molecule has 1 atom stereocenters. The number of nitrogens with zero attached hydrogens (tertiary/aromatic N) is 1. The summed E-state index contributed by atoms with van der Waals surface area (Å²) in [6.07, 6.45) is -3.57. The second-order valence-corrected chi connectivity index (χ2v) is 6.25. The van der Waals surface area contributed by atoms with Gasteiger partial charge in [-0.1, -0.05) is 24.3 Å². The van der Waals surface area contributed by atoms with Crippen LogP contribution in [0.15, 0.2) is 48.5 Å². The van der Waals surface area contributed by atoms with E-state index in [1.54, 1.807) is 0 Å². The van der Waals surface area contributed by atoms with Crippen LogP contribution in [0.5, 0.6) is 0 Å². The maximum Gasteiger partial charge on any atom is 0.416 e. The van der Waals surface area contributed by atoms with E-state index < -0.39 is 17.6 Å². The fraction of sp³-hybridized carbons (Fsp3) is 0.316. The molecule has 1 aliphatic heterocycles. The molecular formula is C19H19F3N2O. The number of halogens is 3. The number of hydrogen-bond acceptors (Lipinski definition) is 2. The number of carbonyl (C=O) groups is 1. The van der Waals surface area contributed by atoms with E-state index in [4.69, 9.17) is 0 Å². The Hall–Kier alpha value is -2.50. The van der Waals surface area contributed by atoms with E-state index in [0.717, 1.165) is 36.3 Å². The van der Waals surface area contributed by atoms with Crippen molar-refractivity contribution in [3.63, 3.8) is 0 Å². The summed E-state index contributed by atoms with van der Waals surface area (Å²) >= 11 is 0. The molecule has 1 amide bonds. The number of anilines is 1.